The predicted molar refractivity (Wildman–Crippen MR) is 115 cm³/mol. The van der Waals surface area contributed by atoms with Gasteiger partial charge in [0.1, 0.15) is 0 Å². The van der Waals surface area contributed by atoms with Crippen molar-refractivity contribution in [3.05, 3.63) is 66.2 Å². The Morgan fingerprint density at radius 2 is 1.63 bits per heavy atom. The second kappa shape index (κ2) is 12.3. The van der Waals surface area contributed by atoms with Crippen molar-refractivity contribution in [2.24, 2.45) is 5.92 Å². The Bertz CT molecular complexity index is 642. The van der Waals surface area contributed by atoms with Gasteiger partial charge in [-0.05, 0) is 56.0 Å². The van der Waals surface area contributed by atoms with Crippen molar-refractivity contribution in [3.63, 3.8) is 0 Å². The van der Waals surface area contributed by atoms with Crippen molar-refractivity contribution in [2.75, 3.05) is 24.5 Å². The molecule has 3 heteroatoms. The quantitative estimate of drug-likeness (QED) is 0.532. The molecule has 1 unspecified atom stereocenters. The van der Waals surface area contributed by atoms with Crippen LogP contribution in [0.15, 0.2) is 60.7 Å². The van der Waals surface area contributed by atoms with Gasteiger partial charge in [0.2, 0.25) is 5.91 Å². The molecule has 0 saturated carbocycles. The first kappa shape index (κ1) is 21.2. The molecular weight excluding hydrogens is 332 g/mol. The van der Waals surface area contributed by atoms with Gasteiger partial charge in [0.15, 0.2) is 0 Å². The minimum atomic E-state index is 0.204. The Balaban J connectivity index is 1.63. The molecule has 146 valence electrons. The number of hydrogen-bond donors (Lipinski definition) is 1. The van der Waals surface area contributed by atoms with E-state index in [9.17, 15) is 4.79 Å². The number of unbranched alkanes of at least 4 members (excludes halogenated alkanes) is 1. The number of hydrogen-bond acceptors (Lipinski definition) is 2. The molecule has 1 amide bonds. The summed E-state index contributed by atoms with van der Waals surface area (Å²) >= 11 is 0. The molecule has 0 spiro atoms. The van der Waals surface area contributed by atoms with Gasteiger partial charge in [-0.25, -0.2) is 0 Å². The number of carbonyl (C=O) groups excluding carboxylic acids is 1. The van der Waals surface area contributed by atoms with E-state index >= 15 is 0 Å². The average molecular weight is 367 g/mol. The summed E-state index contributed by atoms with van der Waals surface area (Å²) in [7, 11) is 0. The number of benzene rings is 2. The van der Waals surface area contributed by atoms with Gasteiger partial charge < -0.3 is 10.2 Å². The highest BCUT2D eigenvalue weighted by Crippen LogP contribution is 2.18. The highest BCUT2D eigenvalue weighted by atomic mass is 16.2. The molecule has 2 rings (SSSR count). The lowest BCUT2D eigenvalue weighted by Gasteiger charge is -2.26. The Labute approximate surface area is 164 Å². The van der Waals surface area contributed by atoms with Gasteiger partial charge in [-0.1, -0.05) is 68.8 Å². The van der Waals surface area contributed by atoms with Crippen molar-refractivity contribution in [3.8, 4) is 0 Å². The fourth-order valence-corrected chi connectivity index (χ4v) is 3.30. The van der Waals surface area contributed by atoms with Crippen molar-refractivity contribution in [1.82, 2.24) is 5.32 Å². The summed E-state index contributed by atoms with van der Waals surface area (Å²) in [6, 6.07) is 20.6. The lowest BCUT2D eigenvalue weighted by Crippen LogP contribution is -2.34. The van der Waals surface area contributed by atoms with Crippen LogP contribution in [0.5, 0.6) is 0 Å². The predicted octanol–water partition coefficient (Wildman–Crippen LogP) is 5.07. The van der Waals surface area contributed by atoms with Crippen molar-refractivity contribution in [2.45, 2.75) is 46.0 Å². The molecule has 0 aliphatic rings. The van der Waals surface area contributed by atoms with E-state index in [0.29, 0.717) is 12.3 Å². The maximum absolute atomic E-state index is 12.3. The maximum Gasteiger partial charge on any atom is 0.226 e. The van der Waals surface area contributed by atoms with Gasteiger partial charge in [0, 0.05) is 18.7 Å². The molecule has 0 saturated heterocycles. The Kier molecular flexibility index (Phi) is 9.64. The van der Waals surface area contributed by atoms with Gasteiger partial charge in [0.05, 0.1) is 0 Å². The summed E-state index contributed by atoms with van der Waals surface area (Å²) in [4.78, 5) is 14.3. The summed E-state index contributed by atoms with van der Waals surface area (Å²) in [5.74, 6) is 0.709. The minimum Gasteiger partial charge on any atom is -0.316 e. The zero-order valence-corrected chi connectivity index (χ0v) is 16.9. The molecule has 0 aliphatic heterocycles. The third-order valence-corrected chi connectivity index (χ3v) is 4.90. The van der Waals surface area contributed by atoms with E-state index in [0.717, 1.165) is 38.2 Å². The summed E-state index contributed by atoms with van der Waals surface area (Å²) < 4.78 is 0. The Hall–Kier alpha value is -2.13. The van der Waals surface area contributed by atoms with E-state index in [1.54, 1.807) is 0 Å². The standard InChI is InChI=1S/C24H34N2O/c1-3-24(27)26(23-15-8-5-9-16-23)20-21(2)12-10-11-18-25-19-17-22-13-6-4-7-14-22/h4-9,13-16,21,25H,3,10-12,17-20H2,1-2H3. The first-order valence-corrected chi connectivity index (χ1v) is 10.3. The molecule has 0 bridgehead atoms. The summed E-state index contributed by atoms with van der Waals surface area (Å²) in [5, 5.41) is 3.54. The van der Waals surface area contributed by atoms with Gasteiger partial charge in [-0.15, -0.1) is 0 Å². The van der Waals surface area contributed by atoms with Crippen LogP contribution in [0.25, 0.3) is 0 Å². The average Bonchev–Trinajstić information content (AvgIpc) is 2.72. The first-order valence-electron chi connectivity index (χ1n) is 10.3. The van der Waals surface area contributed by atoms with Crippen LogP contribution in [0.1, 0.15) is 45.1 Å². The fourth-order valence-electron chi connectivity index (χ4n) is 3.30. The first-order chi connectivity index (χ1) is 13.2. The molecule has 0 fully saturated rings. The second-order valence-corrected chi connectivity index (χ2v) is 7.28. The van der Waals surface area contributed by atoms with E-state index in [1.807, 2.05) is 42.2 Å². The smallest absolute Gasteiger partial charge is 0.226 e. The molecule has 3 nitrogen and oxygen atoms in total. The number of carbonyl (C=O) groups is 1. The normalized spacial score (nSPS) is 11.9. The minimum absolute atomic E-state index is 0.204. The number of nitrogens with zero attached hydrogens (tertiary/aromatic N) is 1. The number of anilines is 1. The van der Waals surface area contributed by atoms with Crippen LogP contribution in [-0.4, -0.2) is 25.5 Å². The van der Waals surface area contributed by atoms with Crippen LogP contribution >= 0.6 is 0 Å². The molecule has 2 aromatic rings. The molecule has 1 N–H and O–H groups in total. The number of nitrogens with one attached hydrogen (secondary N) is 1. The fraction of sp³-hybridized carbons (Fsp3) is 0.458. The Morgan fingerprint density at radius 1 is 0.963 bits per heavy atom. The van der Waals surface area contributed by atoms with E-state index in [2.05, 4.69) is 42.6 Å². The molecule has 2 aromatic carbocycles. The van der Waals surface area contributed by atoms with E-state index < -0.39 is 0 Å². The van der Waals surface area contributed by atoms with Gasteiger partial charge in [0.25, 0.3) is 0 Å². The van der Waals surface area contributed by atoms with Gasteiger partial charge in [-0.2, -0.15) is 0 Å². The van der Waals surface area contributed by atoms with Gasteiger partial charge >= 0.3 is 0 Å². The summed E-state index contributed by atoms with van der Waals surface area (Å²) in [6.45, 7) is 7.09. The van der Waals surface area contributed by atoms with Crippen LogP contribution < -0.4 is 10.2 Å². The maximum atomic E-state index is 12.3. The lowest BCUT2D eigenvalue weighted by atomic mass is 10.0. The third kappa shape index (κ3) is 7.96. The number of amides is 1. The monoisotopic (exact) mass is 366 g/mol. The van der Waals surface area contributed by atoms with Crippen molar-refractivity contribution >= 4 is 11.6 Å². The molecule has 0 aromatic heterocycles. The molecule has 27 heavy (non-hydrogen) atoms. The summed E-state index contributed by atoms with van der Waals surface area (Å²) in [6.07, 6.45) is 5.17. The van der Waals surface area contributed by atoms with Crippen LogP contribution in [0.2, 0.25) is 0 Å². The third-order valence-electron chi connectivity index (χ3n) is 4.90. The second-order valence-electron chi connectivity index (χ2n) is 7.28. The number of rotatable bonds is 12. The highest BCUT2D eigenvalue weighted by Gasteiger charge is 2.16. The van der Waals surface area contributed by atoms with Crippen molar-refractivity contribution < 1.29 is 4.79 Å². The molecule has 1 atom stereocenters. The Morgan fingerprint density at radius 3 is 2.30 bits per heavy atom. The summed E-state index contributed by atoms with van der Waals surface area (Å²) in [5.41, 5.74) is 2.40. The van der Waals surface area contributed by atoms with Crippen molar-refractivity contribution in [1.29, 1.82) is 0 Å². The highest BCUT2D eigenvalue weighted by molar-refractivity contribution is 5.93. The number of para-hydroxylation sites is 1. The lowest BCUT2D eigenvalue weighted by molar-refractivity contribution is -0.118. The molecule has 0 radical (unpaired) electrons. The van der Waals surface area contributed by atoms with E-state index in [1.165, 1.54) is 18.4 Å². The van der Waals surface area contributed by atoms with Crippen LogP contribution in [0.3, 0.4) is 0 Å². The van der Waals surface area contributed by atoms with E-state index in [4.69, 9.17) is 0 Å². The SMILES string of the molecule is CCC(=O)N(CC(C)CCCCNCCc1ccccc1)c1ccccc1. The zero-order chi connectivity index (χ0) is 19.3. The van der Waals surface area contributed by atoms with E-state index in [-0.39, 0.29) is 5.91 Å². The topological polar surface area (TPSA) is 32.3 Å². The largest absolute Gasteiger partial charge is 0.316 e. The zero-order valence-electron chi connectivity index (χ0n) is 16.9. The molecular formula is C24H34N2O. The molecule has 0 aliphatic carbocycles. The van der Waals surface area contributed by atoms with Gasteiger partial charge in [-0.3, -0.25) is 4.79 Å². The van der Waals surface area contributed by atoms with Crippen LogP contribution in [0, 0.1) is 5.92 Å². The van der Waals surface area contributed by atoms with Crippen LogP contribution in [0.4, 0.5) is 5.69 Å². The van der Waals surface area contributed by atoms with Crippen LogP contribution in [-0.2, 0) is 11.2 Å². The molecule has 0 heterocycles.